The summed E-state index contributed by atoms with van der Waals surface area (Å²) in [5, 5.41) is 11.1. The molecule has 0 spiro atoms. The van der Waals surface area contributed by atoms with Gasteiger partial charge in [0.25, 0.3) is 5.22 Å². The van der Waals surface area contributed by atoms with Crippen molar-refractivity contribution in [3.63, 3.8) is 0 Å². The highest BCUT2D eigenvalue weighted by atomic mass is 32.2. The standard InChI is InChI=1S/C21H21N3O4S/c1-4-27-20(26)15-7-9-17(10-8-15)22-18(25)12-29-21-24-23-19(28-21)16-6-5-13(2)14(3)11-16/h5-11H,4,12H2,1-3H3,(H,22,25). The predicted octanol–water partition coefficient (Wildman–Crippen LogP) is 4.26. The molecule has 1 aromatic heterocycles. The Morgan fingerprint density at radius 2 is 1.83 bits per heavy atom. The Hall–Kier alpha value is -3.13. The van der Waals surface area contributed by atoms with E-state index in [0.717, 1.165) is 22.9 Å². The molecule has 3 rings (SSSR count). The number of anilines is 1. The molecule has 0 aliphatic rings. The summed E-state index contributed by atoms with van der Waals surface area (Å²) in [5.41, 5.74) is 4.20. The zero-order valence-corrected chi connectivity index (χ0v) is 17.2. The van der Waals surface area contributed by atoms with Crippen molar-refractivity contribution in [2.75, 3.05) is 17.7 Å². The Labute approximate surface area is 172 Å². The summed E-state index contributed by atoms with van der Waals surface area (Å²) >= 11 is 1.16. The molecule has 3 aromatic rings. The quantitative estimate of drug-likeness (QED) is 0.458. The average molecular weight is 411 g/mol. The van der Waals surface area contributed by atoms with Crippen LogP contribution in [0.2, 0.25) is 0 Å². The second-order valence-corrected chi connectivity index (χ2v) is 7.23. The van der Waals surface area contributed by atoms with Crippen LogP contribution in [0.1, 0.15) is 28.4 Å². The first-order chi connectivity index (χ1) is 14.0. The third-order valence-corrected chi connectivity index (χ3v) is 4.99. The van der Waals surface area contributed by atoms with Gasteiger partial charge in [0.2, 0.25) is 11.8 Å². The summed E-state index contributed by atoms with van der Waals surface area (Å²) < 4.78 is 10.6. The van der Waals surface area contributed by atoms with E-state index in [9.17, 15) is 9.59 Å². The van der Waals surface area contributed by atoms with Crippen molar-refractivity contribution in [3.8, 4) is 11.5 Å². The minimum absolute atomic E-state index is 0.119. The number of amides is 1. The summed E-state index contributed by atoms with van der Waals surface area (Å²) in [5.74, 6) is -0.0685. The lowest BCUT2D eigenvalue weighted by Crippen LogP contribution is -2.14. The zero-order chi connectivity index (χ0) is 20.8. The van der Waals surface area contributed by atoms with Crippen LogP contribution < -0.4 is 5.32 Å². The molecule has 0 saturated carbocycles. The molecule has 7 nitrogen and oxygen atoms in total. The second kappa shape index (κ2) is 9.38. The summed E-state index contributed by atoms with van der Waals surface area (Å²) in [6, 6.07) is 12.4. The molecule has 0 saturated heterocycles. The van der Waals surface area contributed by atoms with Gasteiger partial charge in [0, 0.05) is 11.3 Å². The first kappa shape index (κ1) is 20.6. The van der Waals surface area contributed by atoms with Gasteiger partial charge in [-0.05, 0) is 68.3 Å². The number of hydrogen-bond acceptors (Lipinski definition) is 7. The number of rotatable bonds is 7. The van der Waals surface area contributed by atoms with Crippen LogP contribution in [0.15, 0.2) is 52.1 Å². The van der Waals surface area contributed by atoms with Crippen LogP contribution in [0.5, 0.6) is 0 Å². The highest BCUT2D eigenvalue weighted by Gasteiger charge is 2.12. The fourth-order valence-corrected chi connectivity index (χ4v) is 3.05. The normalized spacial score (nSPS) is 10.6. The summed E-state index contributed by atoms with van der Waals surface area (Å²) in [7, 11) is 0. The lowest BCUT2D eigenvalue weighted by atomic mass is 10.1. The number of benzene rings is 2. The molecular weight excluding hydrogens is 390 g/mol. The molecule has 1 amide bonds. The van der Waals surface area contributed by atoms with Gasteiger partial charge in [-0.2, -0.15) is 0 Å². The number of thioether (sulfide) groups is 1. The first-order valence-corrected chi connectivity index (χ1v) is 10.1. The van der Waals surface area contributed by atoms with E-state index in [4.69, 9.17) is 9.15 Å². The van der Waals surface area contributed by atoms with E-state index in [2.05, 4.69) is 15.5 Å². The molecule has 1 N–H and O–H groups in total. The van der Waals surface area contributed by atoms with Gasteiger partial charge in [0.15, 0.2) is 0 Å². The molecule has 0 fully saturated rings. The number of aryl methyl sites for hydroxylation is 2. The molecule has 1 heterocycles. The topological polar surface area (TPSA) is 94.3 Å². The second-order valence-electron chi connectivity index (χ2n) is 6.31. The lowest BCUT2D eigenvalue weighted by Gasteiger charge is -2.05. The number of nitrogens with one attached hydrogen (secondary N) is 1. The Morgan fingerprint density at radius 3 is 2.52 bits per heavy atom. The monoisotopic (exact) mass is 411 g/mol. The van der Waals surface area contributed by atoms with Gasteiger partial charge in [-0.15, -0.1) is 10.2 Å². The number of carbonyl (C=O) groups is 2. The van der Waals surface area contributed by atoms with Gasteiger partial charge in [-0.3, -0.25) is 4.79 Å². The predicted molar refractivity (Wildman–Crippen MR) is 111 cm³/mol. The molecule has 0 atom stereocenters. The molecule has 29 heavy (non-hydrogen) atoms. The molecule has 0 unspecified atom stereocenters. The minimum atomic E-state index is -0.392. The smallest absolute Gasteiger partial charge is 0.338 e. The van der Waals surface area contributed by atoms with Crippen LogP contribution in [0.4, 0.5) is 5.69 Å². The van der Waals surface area contributed by atoms with E-state index in [1.54, 1.807) is 31.2 Å². The fourth-order valence-electron chi connectivity index (χ4n) is 2.49. The Balaban J connectivity index is 1.54. The minimum Gasteiger partial charge on any atom is -0.462 e. The van der Waals surface area contributed by atoms with E-state index in [1.807, 2.05) is 32.0 Å². The van der Waals surface area contributed by atoms with Crippen molar-refractivity contribution in [3.05, 3.63) is 59.2 Å². The molecule has 8 heteroatoms. The molecule has 0 aliphatic heterocycles. The third kappa shape index (κ3) is 5.45. The number of ether oxygens (including phenoxy) is 1. The van der Waals surface area contributed by atoms with Crippen LogP contribution in [-0.2, 0) is 9.53 Å². The third-order valence-electron chi connectivity index (χ3n) is 4.17. The average Bonchev–Trinajstić information content (AvgIpc) is 3.18. The number of hydrogen-bond donors (Lipinski definition) is 1. The van der Waals surface area contributed by atoms with Gasteiger partial charge in [-0.25, -0.2) is 4.79 Å². The maximum Gasteiger partial charge on any atom is 0.338 e. The largest absolute Gasteiger partial charge is 0.462 e. The number of esters is 1. The molecule has 150 valence electrons. The number of carbonyl (C=O) groups excluding carboxylic acids is 2. The van der Waals surface area contributed by atoms with Gasteiger partial charge >= 0.3 is 5.97 Å². The van der Waals surface area contributed by atoms with E-state index in [-0.39, 0.29) is 11.7 Å². The maximum atomic E-state index is 12.2. The van der Waals surface area contributed by atoms with Crippen LogP contribution in [0.3, 0.4) is 0 Å². The molecular formula is C21H21N3O4S. The summed E-state index contributed by atoms with van der Waals surface area (Å²) in [6.07, 6.45) is 0. The number of nitrogens with zero attached hydrogens (tertiary/aromatic N) is 2. The fraction of sp³-hybridized carbons (Fsp3) is 0.238. The first-order valence-electron chi connectivity index (χ1n) is 9.07. The highest BCUT2D eigenvalue weighted by Crippen LogP contribution is 2.25. The highest BCUT2D eigenvalue weighted by molar-refractivity contribution is 7.99. The number of aromatic nitrogens is 2. The van der Waals surface area contributed by atoms with Crippen molar-refractivity contribution in [1.29, 1.82) is 0 Å². The van der Waals surface area contributed by atoms with Crippen molar-refractivity contribution in [1.82, 2.24) is 10.2 Å². The van der Waals surface area contributed by atoms with Crippen molar-refractivity contribution < 1.29 is 18.7 Å². The lowest BCUT2D eigenvalue weighted by molar-refractivity contribution is -0.113. The molecule has 0 aliphatic carbocycles. The summed E-state index contributed by atoms with van der Waals surface area (Å²) in [4.78, 5) is 23.8. The van der Waals surface area contributed by atoms with Crippen LogP contribution in [-0.4, -0.2) is 34.4 Å². The zero-order valence-electron chi connectivity index (χ0n) is 16.4. The van der Waals surface area contributed by atoms with Gasteiger partial charge in [-0.1, -0.05) is 17.8 Å². The Morgan fingerprint density at radius 1 is 1.07 bits per heavy atom. The van der Waals surface area contributed by atoms with Crippen LogP contribution in [0, 0.1) is 13.8 Å². The molecule has 2 aromatic carbocycles. The Bertz CT molecular complexity index is 1020. The molecule has 0 radical (unpaired) electrons. The van der Waals surface area contributed by atoms with E-state index in [1.165, 1.54) is 5.56 Å². The van der Waals surface area contributed by atoms with E-state index < -0.39 is 5.97 Å². The van der Waals surface area contributed by atoms with Gasteiger partial charge in [0.05, 0.1) is 17.9 Å². The van der Waals surface area contributed by atoms with Crippen LogP contribution in [0.25, 0.3) is 11.5 Å². The van der Waals surface area contributed by atoms with Crippen molar-refractivity contribution in [2.24, 2.45) is 0 Å². The van der Waals surface area contributed by atoms with E-state index >= 15 is 0 Å². The molecule has 0 bridgehead atoms. The van der Waals surface area contributed by atoms with Gasteiger partial charge in [0.1, 0.15) is 0 Å². The summed E-state index contributed by atoms with van der Waals surface area (Å²) in [6.45, 7) is 6.12. The van der Waals surface area contributed by atoms with E-state index in [0.29, 0.717) is 29.0 Å². The Kier molecular flexibility index (Phi) is 6.66. The van der Waals surface area contributed by atoms with Crippen molar-refractivity contribution >= 4 is 29.3 Å². The SMILES string of the molecule is CCOC(=O)c1ccc(NC(=O)CSc2nnc(-c3ccc(C)c(C)c3)o2)cc1. The maximum absolute atomic E-state index is 12.2. The van der Waals surface area contributed by atoms with Crippen LogP contribution >= 0.6 is 11.8 Å². The van der Waals surface area contributed by atoms with Gasteiger partial charge < -0.3 is 14.5 Å². The van der Waals surface area contributed by atoms with Crippen molar-refractivity contribution in [2.45, 2.75) is 26.0 Å².